The Kier molecular flexibility index (Phi) is 10.8. The molecule has 1 amide bonds. The van der Waals surface area contributed by atoms with Crippen LogP contribution < -0.4 is 15.6 Å². The van der Waals surface area contributed by atoms with Crippen LogP contribution in [0.4, 0.5) is 4.39 Å². The first-order valence-electron chi connectivity index (χ1n) is 13.8. The quantitative estimate of drug-likeness (QED) is 0.189. The molecule has 0 radical (unpaired) electrons. The number of amides is 1. The van der Waals surface area contributed by atoms with Crippen molar-refractivity contribution in [1.29, 1.82) is 0 Å². The normalized spacial score (nSPS) is 11.6. The average molecular weight is 635 g/mol. The third-order valence-corrected chi connectivity index (χ3v) is 7.40. The van der Waals surface area contributed by atoms with Crippen LogP contribution in [-0.4, -0.2) is 34.4 Å². The van der Waals surface area contributed by atoms with E-state index in [2.05, 4.69) is 21.2 Å². The Hall–Kier alpha value is -4.11. The molecule has 7 nitrogen and oxygen atoms in total. The molecule has 1 atom stereocenters. The number of hydrogen-bond donors (Lipinski definition) is 1. The highest BCUT2D eigenvalue weighted by molar-refractivity contribution is 9.10. The molecule has 42 heavy (non-hydrogen) atoms. The van der Waals surface area contributed by atoms with Gasteiger partial charge in [-0.2, -0.15) is 0 Å². The Bertz CT molecular complexity index is 1570. The largest absolute Gasteiger partial charge is 0.486 e. The number of benzene rings is 3. The van der Waals surface area contributed by atoms with Crippen LogP contribution in [0.3, 0.4) is 0 Å². The topological polar surface area (TPSA) is 90.3 Å². The van der Waals surface area contributed by atoms with Crippen molar-refractivity contribution in [1.82, 2.24) is 14.9 Å². The molecule has 0 saturated heterocycles. The predicted octanol–water partition coefficient (Wildman–Crippen LogP) is 5.78. The number of nitrogens with zero attached hydrogens (tertiary/aromatic N) is 2. The van der Waals surface area contributed by atoms with Gasteiger partial charge in [0.25, 0.3) is 11.5 Å². The zero-order chi connectivity index (χ0) is 30.1. The average Bonchev–Trinajstić information content (AvgIpc) is 2.99. The van der Waals surface area contributed by atoms with E-state index in [0.29, 0.717) is 24.2 Å². The van der Waals surface area contributed by atoms with Gasteiger partial charge in [-0.1, -0.05) is 83.9 Å². The maximum atomic E-state index is 13.7. The van der Waals surface area contributed by atoms with Crippen LogP contribution in [0.25, 0.3) is 0 Å². The van der Waals surface area contributed by atoms with Gasteiger partial charge >= 0.3 is 0 Å². The molecule has 0 spiro atoms. The molecule has 0 bridgehead atoms. The molecule has 0 saturated carbocycles. The van der Waals surface area contributed by atoms with E-state index in [0.717, 1.165) is 22.0 Å². The van der Waals surface area contributed by atoms with E-state index >= 15 is 0 Å². The highest BCUT2D eigenvalue weighted by Gasteiger charge is 2.27. The lowest BCUT2D eigenvalue weighted by atomic mass is 9.91. The summed E-state index contributed by atoms with van der Waals surface area (Å²) in [5.41, 5.74) is 1.96. The van der Waals surface area contributed by atoms with Crippen molar-refractivity contribution in [2.45, 2.75) is 38.5 Å². The summed E-state index contributed by atoms with van der Waals surface area (Å²) >= 11 is 3.48. The van der Waals surface area contributed by atoms with Crippen LogP contribution in [0, 0.1) is 5.82 Å². The van der Waals surface area contributed by atoms with Gasteiger partial charge in [0.05, 0.1) is 13.2 Å². The van der Waals surface area contributed by atoms with Crippen molar-refractivity contribution in [3.05, 3.63) is 128 Å². The van der Waals surface area contributed by atoms with E-state index in [1.165, 1.54) is 28.8 Å². The van der Waals surface area contributed by atoms with Crippen LogP contribution in [0.15, 0.2) is 88.1 Å². The van der Waals surface area contributed by atoms with Gasteiger partial charge < -0.3 is 10.1 Å². The van der Waals surface area contributed by atoms with E-state index in [-0.39, 0.29) is 42.7 Å². The number of halogens is 2. The van der Waals surface area contributed by atoms with Gasteiger partial charge in [-0.3, -0.25) is 19.0 Å². The summed E-state index contributed by atoms with van der Waals surface area (Å²) in [6, 6.07) is 23.2. The standard InChI is InChI=1S/C33H33BrFN3O4/c1-3-4-18-42-30-29(32(40)36-21-27(39)19-23-10-16-26(35)17-11-23)37-31(38(2)33(30)41)28(20-22-8-6-5-7-9-22)24-12-14-25(34)15-13-24/h5-17,28H,3-4,18-21H2,1-2H3,(H,36,40). The summed E-state index contributed by atoms with van der Waals surface area (Å²) in [6.45, 7) is 1.96. The highest BCUT2D eigenvalue weighted by Crippen LogP contribution is 2.29. The summed E-state index contributed by atoms with van der Waals surface area (Å²) < 4.78 is 21.4. The zero-order valence-corrected chi connectivity index (χ0v) is 25.2. The second-order valence-electron chi connectivity index (χ2n) is 10.0. The predicted molar refractivity (Wildman–Crippen MR) is 163 cm³/mol. The third kappa shape index (κ3) is 8.00. The lowest BCUT2D eigenvalue weighted by Gasteiger charge is -2.22. The minimum Gasteiger partial charge on any atom is -0.486 e. The van der Waals surface area contributed by atoms with E-state index in [1.807, 2.05) is 61.5 Å². The number of ketones is 1. The number of ether oxygens (including phenoxy) is 1. The number of unbranched alkanes of at least 4 members (excludes halogenated alkanes) is 1. The number of aromatic nitrogens is 2. The molecule has 1 N–H and O–H groups in total. The van der Waals surface area contributed by atoms with Crippen LogP contribution in [0.1, 0.15) is 58.7 Å². The van der Waals surface area contributed by atoms with Crippen molar-refractivity contribution in [3.63, 3.8) is 0 Å². The first-order valence-corrected chi connectivity index (χ1v) is 14.6. The number of rotatable bonds is 13. The Morgan fingerprint density at radius 2 is 1.69 bits per heavy atom. The fraction of sp³-hybridized carbons (Fsp3) is 0.273. The minimum atomic E-state index is -0.679. The second-order valence-corrected chi connectivity index (χ2v) is 10.9. The maximum absolute atomic E-state index is 13.7. The monoisotopic (exact) mass is 633 g/mol. The number of carbonyl (C=O) groups excluding carboxylic acids is 2. The van der Waals surface area contributed by atoms with Gasteiger partial charge in [0.15, 0.2) is 11.5 Å². The lowest BCUT2D eigenvalue weighted by molar-refractivity contribution is -0.117. The number of carbonyl (C=O) groups is 2. The van der Waals surface area contributed by atoms with Gasteiger partial charge in [-0.25, -0.2) is 9.37 Å². The smallest absolute Gasteiger partial charge is 0.296 e. The summed E-state index contributed by atoms with van der Waals surface area (Å²) in [7, 11) is 1.63. The molecule has 0 fully saturated rings. The molecule has 9 heteroatoms. The molecule has 1 unspecified atom stereocenters. The number of hydrogen-bond acceptors (Lipinski definition) is 5. The molecule has 1 heterocycles. The first kappa shape index (κ1) is 30.8. The zero-order valence-electron chi connectivity index (χ0n) is 23.6. The van der Waals surface area contributed by atoms with Crippen LogP contribution >= 0.6 is 15.9 Å². The second kappa shape index (κ2) is 14.7. The SMILES string of the molecule is CCCCOc1c(C(=O)NCC(=O)Cc2ccc(F)cc2)nc(C(Cc2ccccc2)c2ccc(Br)cc2)n(C)c1=O. The molecule has 218 valence electrons. The van der Waals surface area contributed by atoms with Crippen molar-refractivity contribution < 1.29 is 18.7 Å². The van der Waals surface area contributed by atoms with Gasteiger partial charge in [-0.05, 0) is 53.8 Å². The fourth-order valence-corrected chi connectivity index (χ4v) is 4.83. The molecule has 0 aliphatic carbocycles. The van der Waals surface area contributed by atoms with Crippen LogP contribution in [0.2, 0.25) is 0 Å². The van der Waals surface area contributed by atoms with Crippen molar-refractivity contribution in [2.75, 3.05) is 13.2 Å². The summed E-state index contributed by atoms with van der Waals surface area (Å²) in [5, 5.41) is 2.61. The summed E-state index contributed by atoms with van der Waals surface area (Å²) in [4.78, 5) is 44.5. The number of Topliss-reactive ketones (excluding diaryl/α,β-unsaturated/α-hetero) is 1. The Balaban J connectivity index is 1.69. The lowest BCUT2D eigenvalue weighted by Crippen LogP contribution is -2.35. The molecule has 4 rings (SSSR count). The van der Waals surface area contributed by atoms with E-state index in [9.17, 15) is 18.8 Å². The minimum absolute atomic E-state index is 0.0262. The van der Waals surface area contributed by atoms with Gasteiger partial charge in [0.2, 0.25) is 5.75 Å². The molecule has 1 aromatic heterocycles. The van der Waals surface area contributed by atoms with Crippen molar-refractivity contribution >= 4 is 27.6 Å². The van der Waals surface area contributed by atoms with E-state index in [1.54, 1.807) is 7.05 Å². The van der Waals surface area contributed by atoms with E-state index in [4.69, 9.17) is 9.72 Å². The van der Waals surface area contributed by atoms with Crippen LogP contribution in [0.5, 0.6) is 5.75 Å². The van der Waals surface area contributed by atoms with Gasteiger partial charge in [-0.15, -0.1) is 0 Å². The summed E-state index contributed by atoms with van der Waals surface area (Å²) in [5.74, 6) is -1.44. The van der Waals surface area contributed by atoms with Gasteiger partial charge in [0, 0.05) is 23.9 Å². The Morgan fingerprint density at radius 1 is 1.00 bits per heavy atom. The van der Waals surface area contributed by atoms with E-state index < -0.39 is 17.3 Å². The molecular formula is C33H33BrFN3O4. The molecule has 3 aromatic carbocycles. The maximum Gasteiger partial charge on any atom is 0.296 e. The van der Waals surface area contributed by atoms with Crippen LogP contribution in [-0.2, 0) is 24.7 Å². The third-order valence-electron chi connectivity index (χ3n) is 6.87. The van der Waals surface area contributed by atoms with Crippen molar-refractivity contribution in [2.24, 2.45) is 7.05 Å². The molecule has 0 aliphatic heterocycles. The highest BCUT2D eigenvalue weighted by atomic mass is 79.9. The summed E-state index contributed by atoms with van der Waals surface area (Å²) in [6.07, 6.45) is 2.10. The molecule has 4 aromatic rings. The Labute approximate surface area is 252 Å². The molecule has 0 aliphatic rings. The van der Waals surface area contributed by atoms with Gasteiger partial charge in [0.1, 0.15) is 11.6 Å². The van der Waals surface area contributed by atoms with Crippen molar-refractivity contribution in [3.8, 4) is 5.75 Å². The Morgan fingerprint density at radius 3 is 2.36 bits per heavy atom. The fourth-order valence-electron chi connectivity index (χ4n) is 4.57. The number of nitrogens with one attached hydrogen (secondary N) is 1. The molecular weight excluding hydrogens is 601 g/mol. The first-order chi connectivity index (χ1) is 20.3.